The summed E-state index contributed by atoms with van der Waals surface area (Å²) in [4.78, 5) is 16.6. The average Bonchev–Trinajstić information content (AvgIpc) is 3.19. The fourth-order valence-corrected chi connectivity index (χ4v) is 5.09. The summed E-state index contributed by atoms with van der Waals surface area (Å²) in [6, 6.07) is 12.4. The first-order valence-corrected chi connectivity index (χ1v) is 11.0. The molecule has 0 saturated carbocycles. The largest absolute Gasteiger partial charge is 0.390 e. The molecular weight excluding hydrogens is 404 g/mol. The van der Waals surface area contributed by atoms with Crippen LogP contribution in [0.1, 0.15) is 11.3 Å². The number of H-pyrrole nitrogens is 2. The molecule has 4 rings (SSSR count). The Hall–Kier alpha value is -2.88. The second kappa shape index (κ2) is 7.42. The van der Waals surface area contributed by atoms with Gasteiger partial charge < -0.3 is 19.6 Å². The number of aliphatic hydroxyl groups excluding tert-OH is 1. The number of benzene rings is 2. The third-order valence-corrected chi connectivity index (χ3v) is 7.42. The number of aryl methyl sites for hydroxylation is 1. The van der Waals surface area contributed by atoms with E-state index < -0.39 is 21.8 Å². The Kier molecular flexibility index (Phi) is 5.05. The predicted octanol–water partition coefficient (Wildman–Crippen LogP) is 2.11. The first-order chi connectivity index (χ1) is 14.2. The van der Waals surface area contributed by atoms with E-state index in [9.17, 15) is 18.3 Å². The van der Waals surface area contributed by atoms with E-state index in [0.717, 1.165) is 26.5 Å². The Balaban J connectivity index is 1.56. The highest BCUT2D eigenvalue weighted by atomic mass is 32.2. The van der Waals surface area contributed by atoms with E-state index in [-0.39, 0.29) is 18.0 Å². The molecule has 0 aliphatic carbocycles. The number of likely N-dealkylation sites (N-methyl/N-ethyl adjacent to an activating group) is 1. The Morgan fingerprint density at radius 2 is 1.80 bits per heavy atom. The van der Waals surface area contributed by atoms with Crippen molar-refractivity contribution >= 4 is 32.0 Å². The zero-order valence-electron chi connectivity index (χ0n) is 17.0. The molecular formula is C21H24N4O4S. The van der Waals surface area contributed by atoms with Crippen LogP contribution in [0.3, 0.4) is 0 Å². The van der Waals surface area contributed by atoms with Crippen LogP contribution in [0.15, 0.2) is 52.2 Å². The highest BCUT2D eigenvalue weighted by Crippen LogP contribution is 2.25. The molecule has 0 aliphatic rings. The zero-order chi connectivity index (χ0) is 21.6. The molecule has 0 aliphatic heterocycles. The van der Waals surface area contributed by atoms with Gasteiger partial charge in [-0.1, -0.05) is 18.2 Å². The highest BCUT2D eigenvalue weighted by molar-refractivity contribution is 7.89. The number of sulfonamides is 1. The van der Waals surface area contributed by atoms with Crippen LogP contribution in [0.2, 0.25) is 0 Å². The number of nitrogens with one attached hydrogen (secondary N) is 2. The fraction of sp³-hybridized carbons (Fsp3) is 0.286. The summed E-state index contributed by atoms with van der Waals surface area (Å²) in [7, 11) is -2.39. The van der Waals surface area contributed by atoms with Crippen LogP contribution in [0.25, 0.3) is 21.9 Å². The maximum Gasteiger partial charge on any atom is 0.323 e. The quantitative estimate of drug-likeness (QED) is 0.437. The lowest BCUT2D eigenvalue weighted by atomic mass is 10.2. The first kappa shape index (κ1) is 20.4. The van der Waals surface area contributed by atoms with Gasteiger partial charge in [-0.05, 0) is 43.7 Å². The number of aliphatic hydroxyl groups is 1. The second-order valence-corrected chi connectivity index (χ2v) is 9.61. The molecule has 1 atom stereocenters. The topological polar surface area (TPSA) is 111 Å². The minimum atomic E-state index is -3.83. The van der Waals surface area contributed by atoms with Gasteiger partial charge in [0.25, 0.3) is 0 Å². The molecule has 3 N–H and O–H groups in total. The van der Waals surface area contributed by atoms with Crippen LogP contribution in [0, 0.1) is 13.8 Å². The van der Waals surface area contributed by atoms with E-state index in [1.807, 2.05) is 42.7 Å². The van der Waals surface area contributed by atoms with Crippen LogP contribution in [0.4, 0.5) is 0 Å². The van der Waals surface area contributed by atoms with E-state index in [0.29, 0.717) is 11.0 Å². The molecule has 0 radical (unpaired) electrons. The van der Waals surface area contributed by atoms with Gasteiger partial charge in [-0.2, -0.15) is 4.31 Å². The number of hydrogen-bond donors (Lipinski definition) is 3. The lowest BCUT2D eigenvalue weighted by Crippen LogP contribution is -2.36. The normalized spacial score (nSPS) is 13.5. The number of aromatic amines is 2. The van der Waals surface area contributed by atoms with Crippen molar-refractivity contribution in [2.45, 2.75) is 31.4 Å². The van der Waals surface area contributed by atoms with Crippen LogP contribution in [-0.4, -0.2) is 52.1 Å². The summed E-state index contributed by atoms with van der Waals surface area (Å²) in [6.45, 7) is 4.26. The number of para-hydroxylation sites is 1. The molecule has 2 aromatic heterocycles. The van der Waals surface area contributed by atoms with Gasteiger partial charge in [-0.3, -0.25) is 0 Å². The fourth-order valence-electron chi connectivity index (χ4n) is 3.85. The number of imidazole rings is 1. The Morgan fingerprint density at radius 3 is 2.57 bits per heavy atom. The van der Waals surface area contributed by atoms with Crippen molar-refractivity contribution in [1.82, 2.24) is 18.8 Å². The second-order valence-electron chi connectivity index (χ2n) is 7.56. The predicted molar refractivity (Wildman–Crippen MR) is 116 cm³/mol. The van der Waals surface area contributed by atoms with Gasteiger partial charge in [0.05, 0.1) is 28.6 Å². The van der Waals surface area contributed by atoms with Gasteiger partial charge in [-0.15, -0.1) is 0 Å². The molecule has 8 nitrogen and oxygen atoms in total. The zero-order valence-corrected chi connectivity index (χ0v) is 17.8. The molecule has 4 aromatic rings. The van der Waals surface area contributed by atoms with Gasteiger partial charge in [0.15, 0.2) is 0 Å². The van der Waals surface area contributed by atoms with E-state index in [1.54, 1.807) is 6.07 Å². The Morgan fingerprint density at radius 1 is 1.10 bits per heavy atom. The maximum absolute atomic E-state index is 13.0. The number of rotatable bonds is 6. The van der Waals surface area contributed by atoms with Crippen molar-refractivity contribution in [3.63, 3.8) is 0 Å². The van der Waals surface area contributed by atoms with Crippen LogP contribution < -0.4 is 5.69 Å². The highest BCUT2D eigenvalue weighted by Gasteiger charge is 2.24. The maximum atomic E-state index is 13.0. The molecule has 0 unspecified atom stereocenters. The summed E-state index contributed by atoms with van der Waals surface area (Å²) in [5.74, 6) is 0. The summed E-state index contributed by atoms with van der Waals surface area (Å²) in [5.41, 5.74) is 3.76. The van der Waals surface area contributed by atoms with E-state index in [4.69, 9.17) is 0 Å². The molecule has 0 amide bonds. The first-order valence-electron chi connectivity index (χ1n) is 9.59. The monoisotopic (exact) mass is 428 g/mol. The SMILES string of the molecule is Cc1c(C)n(C[C@H](O)CN(C)S(=O)(=O)c2ccc3[nH]c(=O)[nH]c3c2)c2ccccc12. The van der Waals surface area contributed by atoms with Crippen molar-refractivity contribution in [2.24, 2.45) is 0 Å². The van der Waals surface area contributed by atoms with Crippen molar-refractivity contribution in [3.8, 4) is 0 Å². The average molecular weight is 429 g/mol. The van der Waals surface area contributed by atoms with Crippen molar-refractivity contribution in [2.75, 3.05) is 13.6 Å². The number of nitrogens with zero attached hydrogens (tertiary/aromatic N) is 2. The number of hydrogen-bond acceptors (Lipinski definition) is 4. The Labute approximate surface area is 173 Å². The molecule has 2 aromatic carbocycles. The molecule has 9 heteroatoms. The van der Waals surface area contributed by atoms with E-state index in [2.05, 4.69) is 9.97 Å². The van der Waals surface area contributed by atoms with E-state index in [1.165, 1.54) is 19.2 Å². The van der Waals surface area contributed by atoms with Crippen molar-refractivity contribution < 1.29 is 13.5 Å². The van der Waals surface area contributed by atoms with Gasteiger partial charge in [0, 0.05) is 30.2 Å². The summed E-state index contributed by atoms with van der Waals surface area (Å²) < 4.78 is 29.1. The van der Waals surface area contributed by atoms with Gasteiger partial charge in [-0.25, -0.2) is 13.2 Å². The van der Waals surface area contributed by atoms with Gasteiger partial charge in [0.1, 0.15) is 0 Å². The molecule has 0 spiro atoms. The standard InChI is InChI=1S/C21H24N4O4S/c1-13-14(2)25(20-7-5-4-6-17(13)20)12-15(26)11-24(3)30(28,29)16-8-9-18-19(10-16)23-21(27)22-18/h4-10,15,26H,11-12H2,1-3H3,(H2,22,23,27)/t15-/m1/s1. The van der Waals surface area contributed by atoms with E-state index >= 15 is 0 Å². The Bertz CT molecular complexity index is 1400. The molecule has 158 valence electrons. The summed E-state index contributed by atoms with van der Waals surface area (Å²) in [5, 5.41) is 11.8. The van der Waals surface area contributed by atoms with Crippen molar-refractivity contribution in [3.05, 3.63) is 64.2 Å². The van der Waals surface area contributed by atoms with Crippen LogP contribution in [0.5, 0.6) is 0 Å². The lowest BCUT2D eigenvalue weighted by Gasteiger charge is -2.22. The number of aromatic nitrogens is 3. The molecule has 2 heterocycles. The number of fused-ring (bicyclic) bond motifs is 2. The molecule has 0 bridgehead atoms. The van der Waals surface area contributed by atoms with Gasteiger partial charge in [0.2, 0.25) is 10.0 Å². The van der Waals surface area contributed by atoms with Crippen LogP contribution in [-0.2, 0) is 16.6 Å². The smallest absolute Gasteiger partial charge is 0.323 e. The summed E-state index contributed by atoms with van der Waals surface area (Å²) in [6.07, 6.45) is -0.894. The van der Waals surface area contributed by atoms with Gasteiger partial charge >= 0.3 is 5.69 Å². The molecule has 30 heavy (non-hydrogen) atoms. The van der Waals surface area contributed by atoms with Crippen molar-refractivity contribution in [1.29, 1.82) is 0 Å². The summed E-state index contributed by atoms with van der Waals surface area (Å²) >= 11 is 0. The lowest BCUT2D eigenvalue weighted by molar-refractivity contribution is 0.135. The minimum Gasteiger partial charge on any atom is -0.390 e. The third-order valence-electron chi connectivity index (χ3n) is 5.60. The molecule has 0 saturated heterocycles. The minimum absolute atomic E-state index is 0.0541. The molecule has 0 fully saturated rings. The van der Waals surface area contributed by atoms with Crippen LogP contribution >= 0.6 is 0 Å². The third kappa shape index (κ3) is 3.45.